The number of halogens is 1. The molecular formula is C13H20ClN. The van der Waals surface area contributed by atoms with Crippen LogP contribution in [0.3, 0.4) is 0 Å². The molecule has 0 saturated carbocycles. The fraction of sp³-hybridized carbons (Fsp3) is 0.538. The van der Waals surface area contributed by atoms with Gasteiger partial charge in [0.15, 0.2) is 0 Å². The van der Waals surface area contributed by atoms with Crippen LogP contribution in [0.5, 0.6) is 0 Å². The molecule has 0 aromatic heterocycles. The topological polar surface area (TPSA) is 12.0 Å². The number of aryl methyl sites for hydroxylation is 1. The van der Waals surface area contributed by atoms with Gasteiger partial charge in [0.2, 0.25) is 0 Å². The third kappa shape index (κ3) is 4.23. The highest BCUT2D eigenvalue weighted by atomic mass is 35.5. The minimum atomic E-state index is 0.00494. The summed E-state index contributed by atoms with van der Waals surface area (Å²) in [5.74, 6) is 0.625. The van der Waals surface area contributed by atoms with E-state index < -0.39 is 0 Å². The molecule has 1 aromatic carbocycles. The van der Waals surface area contributed by atoms with E-state index in [1.165, 1.54) is 11.1 Å². The van der Waals surface area contributed by atoms with E-state index >= 15 is 0 Å². The first-order chi connectivity index (χ1) is 7.07. The summed E-state index contributed by atoms with van der Waals surface area (Å²) in [7, 11) is 0. The van der Waals surface area contributed by atoms with Crippen LogP contribution in [0.4, 0.5) is 0 Å². The van der Waals surface area contributed by atoms with Crippen molar-refractivity contribution in [1.29, 1.82) is 0 Å². The Kier molecular flexibility index (Phi) is 4.62. The van der Waals surface area contributed by atoms with Crippen LogP contribution >= 0.6 is 11.6 Å². The Morgan fingerprint density at radius 2 is 1.67 bits per heavy atom. The molecule has 0 amide bonds. The Labute approximate surface area is 97.8 Å². The van der Waals surface area contributed by atoms with Crippen molar-refractivity contribution in [3.05, 3.63) is 35.4 Å². The van der Waals surface area contributed by atoms with Crippen molar-refractivity contribution in [2.45, 2.75) is 39.3 Å². The highest BCUT2D eigenvalue weighted by Crippen LogP contribution is 2.09. The zero-order valence-corrected chi connectivity index (χ0v) is 10.6. The van der Waals surface area contributed by atoms with E-state index in [9.17, 15) is 0 Å². The Balaban J connectivity index is 2.51. The van der Waals surface area contributed by atoms with Gasteiger partial charge in [-0.2, -0.15) is 0 Å². The van der Waals surface area contributed by atoms with Crippen LogP contribution in [0, 0.1) is 0 Å². The van der Waals surface area contributed by atoms with Gasteiger partial charge in [-0.3, -0.25) is 0 Å². The van der Waals surface area contributed by atoms with Crippen molar-refractivity contribution >= 4 is 11.6 Å². The van der Waals surface area contributed by atoms with Crippen LogP contribution in [-0.4, -0.2) is 11.4 Å². The number of hydrogen-bond donors (Lipinski definition) is 1. The van der Waals surface area contributed by atoms with Gasteiger partial charge in [-0.25, -0.2) is 0 Å². The summed E-state index contributed by atoms with van der Waals surface area (Å²) >= 11 is 5.84. The second-order valence-corrected chi connectivity index (χ2v) is 4.81. The van der Waals surface area contributed by atoms with Crippen LogP contribution in [0.1, 0.15) is 31.9 Å². The molecule has 0 radical (unpaired) electrons. The fourth-order valence-corrected chi connectivity index (χ4v) is 1.38. The maximum Gasteiger partial charge on any atom is 0.0400 e. The van der Waals surface area contributed by atoms with Crippen LogP contribution in [-0.2, 0) is 13.0 Å². The monoisotopic (exact) mass is 225 g/mol. The minimum Gasteiger partial charge on any atom is -0.307 e. The summed E-state index contributed by atoms with van der Waals surface area (Å²) in [4.78, 5) is 0. The number of hydrogen-bond acceptors (Lipinski definition) is 1. The van der Waals surface area contributed by atoms with Crippen LogP contribution in [0.2, 0.25) is 0 Å². The summed E-state index contributed by atoms with van der Waals surface area (Å²) < 4.78 is 0. The molecule has 1 aromatic rings. The molecule has 0 heterocycles. The lowest BCUT2D eigenvalue weighted by Crippen LogP contribution is -2.40. The van der Waals surface area contributed by atoms with E-state index in [0.717, 1.165) is 13.0 Å². The fourth-order valence-electron chi connectivity index (χ4n) is 1.28. The maximum atomic E-state index is 5.84. The number of alkyl halides is 1. The molecule has 15 heavy (non-hydrogen) atoms. The average Bonchev–Trinajstić information content (AvgIpc) is 2.27. The van der Waals surface area contributed by atoms with Crippen molar-refractivity contribution in [3.8, 4) is 0 Å². The van der Waals surface area contributed by atoms with Crippen LogP contribution < -0.4 is 5.32 Å². The Hall–Kier alpha value is -0.530. The van der Waals surface area contributed by atoms with Crippen molar-refractivity contribution in [2.75, 3.05) is 5.88 Å². The summed E-state index contributed by atoms with van der Waals surface area (Å²) in [6.07, 6.45) is 1.10. The van der Waals surface area contributed by atoms with E-state index in [4.69, 9.17) is 11.6 Å². The third-order valence-corrected chi connectivity index (χ3v) is 3.20. The maximum absolute atomic E-state index is 5.84. The van der Waals surface area contributed by atoms with Gasteiger partial charge >= 0.3 is 0 Å². The van der Waals surface area contributed by atoms with Crippen molar-refractivity contribution < 1.29 is 0 Å². The lowest BCUT2D eigenvalue weighted by molar-refractivity contribution is 0.429. The van der Waals surface area contributed by atoms with E-state index in [-0.39, 0.29) is 5.54 Å². The van der Waals surface area contributed by atoms with E-state index in [2.05, 4.69) is 50.4 Å². The second kappa shape index (κ2) is 5.53. The molecule has 0 aliphatic heterocycles. The smallest absolute Gasteiger partial charge is 0.0400 e. The Bertz CT molecular complexity index is 290. The first kappa shape index (κ1) is 12.5. The lowest BCUT2D eigenvalue weighted by Gasteiger charge is -2.23. The molecule has 0 unspecified atom stereocenters. The summed E-state index contributed by atoms with van der Waals surface area (Å²) in [5.41, 5.74) is 2.70. The molecule has 1 N–H and O–H groups in total. The Morgan fingerprint density at radius 3 is 2.13 bits per heavy atom. The highest BCUT2D eigenvalue weighted by molar-refractivity contribution is 6.18. The van der Waals surface area contributed by atoms with E-state index in [0.29, 0.717) is 5.88 Å². The quantitative estimate of drug-likeness (QED) is 0.758. The number of rotatable bonds is 5. The first-order valence-electron chi connectivity index (χ1n) is 5.46. The van der Waals surface area contributed by atoms with Gasteiger partial charge in [0.25, 0.3) is 0 Å². The molecule has 0 spiro atoms. The summed E-state index contributed by atoms with van der Waals surface area (Å²) in [6, 6.07) is 8.72. The number of nitrogens with one attached hydrogen (secondary N) is 1. The predicted molar refractivity (Wildman–Crippen MR) is 67.5 cm³/mol. The molecular weight excluding hydrogens is 206 g/mol. The van der Waals surface area contributed by atoms with Crippen LogP contribution in [0.25, 0.3) is 0 Å². The molecule has 2 heteroatoms. The summed E-state index contributed by atoms with van der Waals surface area (Å²) in [6.45, 7) is 7.27. The van der Waals surface area contributed by atoms with Gasteiger partial charge in [-0.1, -0.05) is 31.2 Å². The predicted octanol–water partition coefficient (Wildman–Crippen LogP) is 3.36. The van der Waals surface area contributed by atoms with Gasteiger partial charge in [0.1, 0.15) is 0 Å². The molecule has 0 aliphatic rings. The van der Waals surface area contributed by atoms with Crippen molar-refractivity contribution in [1.82, 2.24) is 5.32 Å². The average molecular weight is 226 g/mol. The SMILES string of the molecule is CCc1ccc(CNC(C)(C)CCl)cc1. The zero-order chi connectivity index (χ0) is 11.3. The normalized spacial score (nSPS) is 11.7. The van der Waals surface area contributed by atoms with Gasteiger partial charge in [-0.05, 0) is 31.4 Å². The van der Waals surface area contributed by atoms with E-state index in [1.807, 2.05) is 0 Å². The standard InChI is InChI=1S/C13H20ClN/c1-4-11-5-7-12(8-6-11)9-15-13(2,3)10-14/h5-8,15H,4,9-10H2,1-3H3. The van der Waals surface area contributed by atoms with Gasteiger partial charge in [-0.15, -0.1) is 11.6 Å². The van der Waals surface area contributed by atoms with Crippen molar-refractivity contribution in [3.63, 3.8) is 0 Å². The number of benzene rings is 1. The zero-order valence-electron chi connectivity index (χ0n) is 9.81. The third-order valence-electron chi connectivity index (χ3n) is 2.54. The van der Waals surface area contributed by atoms with Gasteiger partial charge in [0, 0.05) is 18.0 Å². The molecule has 0 atom stereocenters. The van der Waals surface area contributed by atoms with Gasteiger partial charge < -0.3 is 5.32 Å². The van der Waals surface area contributed by atoms with Gasteiger partial charge in [0.05, 0.1) is 0 Å². The Morgan fingerprint density at radius 1 is 1.13 bits per heavy atom. The highest BCUT2D eigenvalue weighted by Gasteiger charge is 2.14. The summed E-state index contributed by atoms with van der Waals surface area (Å²) in [5, 5.41) is 3.43. The molecule has 0 fully saturated rings. The first-order valence-corrected chi connectivity index (χ1v) is 5.99. The molecule has 1 nitrogen and oxygen atoms in total. The molecule has 0 saturated heterocycles. The van der Waals surface area contributed by atoms with Crippen molar-refractivity contribution in [2.24, 2.45) is 0 Å². The largest absolute Gasteiger partial charge is 0.307 e. The minimum absolute atomic E-state index is 0.00494. The molecule has 0 bridgehead atoms. The lowest BCUT2D eigenvalue weighted by atomic mass is 10.1. The molecule has 84 valence electrons. The molecule has 0 aliphatic carbocycles. The van der Waals surface area contributed by atoms with Crippen LogP contribution in [0.15, 0.2) is 24.3 Å². The second-order valence-electron chi connectivity index (χ2n) is 4.54. The van der Waals surface area contributed by atoms with E-state index in [1.54, 1.807) is 0 Å². The molecule has 1 rings (SSSR count).